The molecule has 0 spiro atoms. The van der Waals surface area contributed by atoms with E-state index in [0.717, 1.165) is 58.8 Å². The Morgan fingerprint density at radius 1 is 1.37 bits per heavy atom. The van der Waals surface area contributed by atoms with Crippen LogP contribution in [0.5, 0.6) is 0 Å². The van der Waals surface area contributed by atoms with E-state index in [2.05, 4.69) is 17.3 Å². The molecule has 0 aromatic carbocycles. The molecule has 2 rings (SSSR count). The Bertz CT molecular complexity index is 286. The second-order valence-electron chi connectivity index (χ2n) is 5.75. The molecule has 0 saturated carbocycles. The number of likely N-dealkylation sites (N-methyl/N-ethyl adjacent to an activating group) is 1. The monoisotopic (exact) mass is 269 g/mol. The maximum absolute atomic E-state index is 12.4. The highest BCUT2D eigenvalue weighted by Gasteiger charge is 2.26. The summed E-state index contributed by atoms with van der Waals surface area (Å²) in [6, 6.07) is -0.0130. The van der Waals surface area contributed by atoms with Crippen molar-refractivity contribution in [2.45, 2.75) is 25.8 Å². The van der Waals surface area contributed by atoms with Crippen molar-refractivity contribution < 1.29 is 9.53 Å². The first kappa shape index (κ1) is 14.8. The van der Waals surface area contributed by atoms with Crippen molar-refractivity contribution in [2.75, 3.05) is 53.0 Å². The van der Waals surface area contributed by atoms with Gasteiger partial charge in [-0.25, -0.2) is 0 Å². The quantitative estimate of drug-likeness (QED) is 0.790. The molecule has 1 unspecified atom stereocenters. The van der Waals surface area contributed by atoms with E-state index in [1.54, 1.807) is 0 Å². The fraction of sp³-hybridized carbons (Fsp3) is 0.929. The minimum absolute atomic E-state index is 0.0130. The summed E-state index contributed by atoms with van der Waals surface area (Å²) in [5.41, 5.74) is 0. The fourth-order valence-electron chi connectivity index (χ4n) is 2.83. The third-order valence-electron chi connectivity index (χ3n) is 4.33. The van der Waals surface area contributed by atoms with E-state index in [1.165, 1.54) is 0 Å². The van der Waals surface area contributed by atoms with Crippen molar-refractivity contribution >= 4 is 5.91 Å². The van der Waals surface area contributed by atoms with E-state index >= 15 is 0 Å². The zero-order valence-corrected chi connectivity index (χ0v) is 12.2. The second-order valence-corrected chi connectivity index (χ2v) is 5.75. The van der Waals surface area contributed by atoms with E-state index in [9.17, 15) is 4.79 Å². The maximum atomic E-state index is 12.4. The lowest BCUT2D eigenvalue weighted by atomic mass is 9.99. The molecule has 0 bridgehead atoms. The van der Waals surface area contributed by atoms with E-state index in [1.807, 2.05) is 11.8 Å². The highest BCUT2D eigenvalue weighted by molar-refractivity contribution is 5.81. The summed E-state index contributed by atoms with van der Waals surface area (Å²) in [6.45, 7) is 8.30. The van der Waals surface area contributed by atoms with Gasteiger partial charge in [0, 0.05) is 45.9 Å². The molecular formula is C14H27N3O2. The molecule has 5 nitrogen and oxygen atoms in total. The number of carbonyl (C=O) groups is 1. The van der Waals surface area contributed by atoms with Gasteiger partial charge in [-0.2, -0.15) is 0 Å². The van der Waals surface area contributed by atoms with Gasteiger partial charge in [-0.1, -0.05) is 0 Å². The Morgan fingerprint density at radius 2 is 2.00 bits per heavy atom. The Labute approximate surface area is 116 Å². The normalized spacial score (nSPS) is 23.6. The number of nitrogens with zero attached hydrogens (tertiary/aromatic N) is 2. The van der Waals surface area contributed by atoms with Crippen molar-refractivity contribution in [3.8, 4) is 0 Å². The maximum Gasteiger partial charge on any atom is 0.239 e. The molecule has 2 heterocycles. The standard InChI is InChI=1S/C14H27N3O2/c1-12(14(18)17-7-5-15-6-8-17)16(2)11-13-3-9-19-10-4-13/h12-13,15H,3-11H2,1-2H3. The Kier molecular flexibility index (Phi) is 5.60. The van der Waals surface area contributed by atoms with Gasteiger partial charge >= 0.3 is 0 Å². The molecule has 0 radical (unpaired) electrons. The van der Waals surface area contributed by atoms with Crippen LogP contribution in [0.3, 0.4) is 0 Å². The van der Waals surface area contributed by atoms with Gasteiger partial charge in [-0.05, 0) is 32.7 Å². The predicted octanol–water partition coefficient (Wildman–Crippen LogP) is 0.165. The van der Waals surface area contributed by atoms with Crippen LogP contribution >= 0.6 is 0 Å². The van der Waals surface area contributed by atoms with Crippen LogP contribution < -0.4 is 5.32 Å². The van der Waals surface area contributed by atoms with Gasteiger partial charge in [0.05, 0.1) is 6.04 Å². The molecule has 1 N–H and O–H groups in total. The van der Waals surface area contributed by atoms with Gasteiger partial charge in [0.15, 0.2) is 0 Å². The lowest BCUT2D eigenvalue weighted by Gasteiger charge is -2.35. The third kappa shape index (κ3) is 4.16. The first-order chi connectivity index (χ1) is 9.18. The number of carbonyl (C=O) groups excluding carboxylic acids is 1. The second kappa shape index (κ2) is 7.22. The van der Waals surface area contributed by atoms with E-state index in [0.29, 0.717) is 5.92 Å². The van der Waals surface area contributed by atoms with Gasteiger partial charge in [0.2, 0.25) is 5.91 Å². The van der Waals surface area contributed by atoms with Gasteiger partial charge in [0.1, 0.15) is 0 Å². The number of piperazine rings is 1. The van der Waals surface area contributed by atoms with Gasteiger partial charge in [-0.15, -0.1) is 0 Å². The molecule has 2 aliphatic heterocycles. The number of amides is 1. The average molecular weight is 269 g/mol. The summed E-state index contributed by atoms with van der Waals surface area (Å²) in [7, 11) is 2.07. The molecule has 2 saturated heterocycles. The van der Waals surface area contributed by atoms with Crippen LogP contribution in [0.4, 0.5) is 0 Å². The lowest BCUT2D eigenvalue weighted by molar-refractivity contribution is -0.136. The fourth-order valence-corrected chi connectivity index (χ4v) is 2.83. The number of hydrogen-bond acceptors (Lipinski definition) is 4. The van der Waals surface area contributed by atoms with Gasteiger partial charge < -0.3 is 15.0 Å². The number of nitrogens with one attached hydrogen (secondary N) is 1. The van der Waals surface area contributed by atoms with Crippen molar-refractivity contribution in [2.24, 2.45) is 5.92 Å². The molecule has 2 fully saturated rings. The summed E-state index contributed by atoms with van der Waals surface area (Å²) in [5, 5.41) is 3.28. The molecule has 1 amide bonds. The van der Waals surface area contributed by atoms with Crippen molar-refractivity contribution in [1.82, 2.24) is 15.1 Å². The molecular weight excluding hydrogens is 242 g/mol. The topological polar surface area (TPSA) is 44.8 Å². The smallest absolute Gasteiger partial charge is 0.239 e. The largest absolute Gasteiger partial charge is 0.381 e. The Balaban J connectivity index is 1.79. The lowest BCUT2D eigenvalue weighted by Crippen LogP contribution is -2.53. The summed E-state index contributed by atoms with van der Waals surface area (Å²) in [4.78, 5) is 16.6. The van der Waals surface area contributed by atoms with Crippen LogP contribution in [0.25, 0.3) is 0 Å². The van der Waals surface area contributed by atoms with Crippen LogP contribution in [0.1, 0.15) is 19.8 Å². The molecule has 1 atom stereocenters. The van der Waals surface area contributed by atoms with Crippen LogP contribution in [-0.2, 0) is 9.53 Å². The van der Waals surface area contributed by atoms with E-state index in [4.69, 9.17) is 4.74 Å². The van der Waals surface area contributed by atoms with Crippen molar-refractivity contribution in [3.63, 3.8) is 0 Å². The van der Waals surface area contributed by atoms with E-state index in [-0.39, 0.29) is 11.9 Å². The average Bonchev–Trinajstić information content (AvgIpc) is 2.47. The third-order valence-corrected chi connectivity index (χ3v) is 4.33. The van der Waals surface area contributed by atoms with Crippen LogP contribution in [0.15, 0.2) is 0 Å². The van der Waals surface area contributed by atoms with Crippen LogP contribution in [0, 0.1) is 5.92 Å². The molecule has 5 heteroatoms. The summed E-state index contributed by atoms with van der Waals surface area (Å²) < 4.78 is 5.38. The molecule has 110 valence electrons. The highest BCUT2D eigenvalue weighted by Crippen LogP contribution is 2.17. The zero-order chi connectivity index (χ0) is 13.7. The minimum Gasteiger partial charge on any atom is -0.381 e. The predicted molar refractivity (Wildman–Crippen MR) is 75.1 cm³/mol. The molecule has 0 aromatic heterocycles. The van der Waals surface area contributed by atoms with Crippen LogP contribution in [0.2, 0.25) is 0 Å². The van der Waals surface area contributed by atoms with Crippen molar-refractivity contribution in [3.05, 3.63) is 0 Å². The Hall–Kier alpha value is -0.650. The minimum atomic E-state index is -0.0130. The summed E-state index contributed by atoms with van der Waals surface area (Å²) in [6.07, 6.45) is 2.25. The van der Waals surface area contributed by atoms with Gasteiger partial charge in [-0.3, -0.25) is 9.69 Å². The summed E-state index contributed by atoms with van der Waals surface area (Å²) in [5.74, 6) is 0.952. The molecule has 0 aliphatic carbocycles. The summed E-state index contributed by atoms with van der Waals surface area (Å²) >= 11 is 0. The van der Waals surface area contributed by atoms with Crippen LogP contribution in [-0.4, -0.2) is 74.7 Å². The number of hydrogen-bond donors (Lipinski definition) is 1. The molecule has 19 heavy (non-hydrogen) atoms. The van der Waals surface area contributed by atoms with E-state index < -0.39 is 0 Å². The number of ether oxygens (including phenoxy) is 1. The van der Waals surface area contributed by atoms with Gasteiger partial charge in [0.25, 0.3) is 0 Å². The zero-order valence-electron chi connectivity index (χ0n) is 12.2. The van der Waals surface area contributed by atoms with Crippen molar-refractivity contribution in [1.29, 1.82) is 0 Å². The SMILES string of the molecule is CC(C(=O)N1CCNCC1)N(C)CC1CCOCC1. The first-order valence-electron chi connectivity index (χ1n) is 7.46. The Morgan fingerprint density at radius 3 is 2.63 bits per heavy atom. The highest BCUT2D eigenvalue weighted by atomic mass is 16.5. The number of rotatable bonds is 4. The first-order valence-corrected chi connectivity index (χ1v) is 7.46. The molecule has 0 aromatic rings. The molecule has 2 aliphatic rings.